The van der Waals surface area contributed by atoms with Gasteiger partial charge in [0.05, 0.1) is 0 Å². The van der Waals surface area contributed by atoms with Crippen molar-refractivity contribution in [1.29, 1.82) is 0 Å². The third-order valence-corrected chi connectivity index (χ3v) is 3.00. The molecule has 1 heterocycles. The monoisotopic (exact) mass is 245 g/mol. The fourth-order valence-electron chi connectivity index (χ4n) is 1.09. The molecule has 0 N–H and O–H groups in total. The molecule has 0 bridgehead atoms. The quantitative estimate of drug-likeness (QED) is 0.532. The van der Waals surface area contributed by atoms with Crippen molar-refractivity contribution in [1.82, 2.24) is 0 Å². The average Bonchev–Trinajstić information content (AvgIpc) is 2.37. The maximum atomic E-state index is 11.0. The fourth-order valence-corrected chi connectivity index (χ4v) is 2.22. The van der Waals surface area contributed by atoms with Gasteiger partial charge in [0.15, 0.2) is 0 Å². The molecule has 2 radical (unpaired) electrons. The van der Waals surface area contributed by atoms with E-state index in [0.717, 1.165) is 3.59 Å². The van der Waals surface area contributed by atoms with Crippen LogP contribution in [-0.4, -0.2) is 47.3 Å². The molecule has 0 atom stereocenters. The van der Waals surface area contributed by atoms with Gasteiger partial charge in [0.25, 0.3) is 0 Å². The molecule has 50 valence electrons. The Bertz CT molecular complexity index is 215. The molecule has 0 aromatic heterocycles. The summed E-state index contributed by atoms with van der Waals surface area (Å²) in [6.07, 6.45) is 1.59. The number of ether oxygens (including phenoxy) is 2. The van der Waals surface area contributed by atoms with Crippen molar-refractivity contribution in [3.8, 4) is 0 Å². The van der Waals surface area contributed by atoms with Gasteiger partial charge < -0.3 is 0 Å². The van der Waals surface area contributed by atoms with Crippen molar-refractivity contribution in [2.75, 3.05) is 13.2 Å². The van der Waals surface area contributed by atoms with E-state index in [0.29, 0.717) is 13.2 Å². The maximum absolute atomic E-state index is 11.0. The molecule has 1 saturated heterocycles. The number of ketones is 1. The molecule has 0 amide bonds. The molecule has 10 heavy (non-hydrogen) atoms. The molecular weight excluding hydrogens is 239 g/mol. The van der Waals surface area contributed by atoms with Gasteiger partial charge in [0.2, 0.25) is 0 Å². The van der Waals surface area contributed by atoms with Crippen LogP contribution in [0.15, 0.2) is 9.67 Å². The molecule has 2 rings (SSSR count). The predicted octanol–water partition coefficient (Wildman–Crippen LogP) is -0.635. The van der Waals surface area contributed by atoms with Gasteiger partial charge >= 0.3 is 71.2 Å². The van der Waals surface area contributed by atoms with Crippen LogP contribution in [0.2, 0.25) is 0 Å². The standard InChI is InChI=1S/C6H5O3.Sn/c7-5-1-2-6(5)8-3-4-9-6;/h1H,3-4H2;/q;+1. The Kier molecular flexibility index (Phi) is 1.40. The molecule has 1 aliphatic heterocycles. The molecule has 1 aliphatic carbocycles. The molecule has 2 aliphatic rings. The van der Waals surface area contributed by atoms with Crippen LogP contribution in [-0.2, 0) is 14.3 Å². The summed E-state index contributed by atoms with van der Waals surface area (Å²) in [5.74, 6) is -0.935. The normalized spacial score (nSPS) is 28.4. The molecule has 1 fully saturated rings. The Morgan fingerprint density at radius 1 is 1.50 bits per heavy atom. The van der Waals surface area contributed by atoms with Crippen LogP contribution < -0.4 is 0 Å². The third-order valence-electron chi connectivity index (χ3n) is 1.65. The van der Waals surface area contributed by atoms with Gasteiger partial charge in [-0.05, 0) is 0 Å². The number of carbonyl (C=O) groups excluding carboxylic acids is 1. The minimum atomic E-state index is -0.904. The topological polar surface area (TPSA) is 35.5 Å². The van der Waals surface area contributed by atoms with Crippen molar-refractivity contribution in [2.24, 2.45) is 0 Å². The second-order valence-corrected chi connectivity index (χ2v) is 3.77. The summed E-state index contributed by atoms with van der Waals surface area (Å²) >= 11 is 1.20. The first-order valence-corrected chi connectivity index (χ1v) is 4.44. The van der Waals surface area contributed by atoms with E-state index < -0.39 is 5.79 Å². The summed E-state index contributed by atoms with van der Waals surface area (Å²) in [4.78, 5) is 11.0. The first-order valence-electron chi connectivity index (χ1n) is 3.02. The van der Waals surface area contributed by atoms with E-state index in [-0.39, 0.29) is 5.78 Å². The Morgan fingerprint density at radius 3 is 2.40 bits per heavy atom. The van der Waals surface area contributed by atoms with E-state index in [1.807, 2.05) is 0 Å². The van der Waals surface area contributed by atoms with Crippen molar-refractivity contribution in [2.45, 2.75) is 5.79 Å². The molecule has 3 nitrogen and oxygen atoms in total. The number of hydrogen-bond donors (Lipinski definition) is 0. The molecule has 0 aromatic carbocycles. The summed E-state index contributed by atoms with van der Waals surface area (Å²) in [6, 6.07) is 0. The summed E-state index contributed by atoms with van der Waals surface area (Å²) in [6.45, 7) is 1.08. The third kappa shape index (κ3) is 0.654. The Morgan fingerprint density at radius 2 is 2.10 bits per heavy atom. The summed E-state index contributed by atoms with van der Waals surface area (Å²) in [7, 11) is 0. The fraction of sp³-hybridized carbons (Fsp3) is 0.500. The van der Waals surface area contributed by atoms with Crippen molar-refractivity contribution < 1.29 is 14.3 Å². The number of rotatable bonds is 0. The van der Waals surface area contributed by atoms with Crippen molar-refractivity contribution in [3.05, 3.63) is 9.67 Å². The summed E-state index contributed by atoms with van der Waals surface area (Å²) in [5, 5.41) is 0. The van der Waals surface area contributed by atoms with Crippen molar-refractivity contribution >= 4 is 28.3 Å². The Labute approximate surface area is 71.5 Å². The first kappa shape index (κ1) is 6.82. The van der Waals surface area contributed by atoms with Crippen molar-refractivity contribution in [3.63, 3.8) is 0 Å². The SMILES string of the molecule is O=C1C=[C]([Sn+])C12OCCO2. The number of carbonyl (C=O) groups is 1. The Hall–Kier alpha value is 0.129. The van der Waals surface area contributed by atoms with Crippen LogP contribution in [0.1, 0.15) is 0 Å². The van der Waals surface area contributed by atoms with E-state index in [1.165, 1.54) is 22.5 Å². The van der Waals surface area contributed by atoms with E-state index in [9.17, 15) is 4.79 Å². The zero-order valence-corrected chi connectivity index (χ0v) is 8.07. The first-order chi connectivity index (χ1) is 4.76. The van der Waals surface area contributed by atoms with Crippen LogP contribution >= 0.6 is 0 Å². The summed E-state index contributed by atoms with van der Waals surface area (Å²) < 4.78 is 11.3. The van der Waals surface area contributed by atoms with E-state index >= 15 is 0 Å². The van der Waals surface area contributed by atoms with Crippen LogP contribution in [0.3, 0.4) is 0 Å². The van der Waals surface area contributed by atoms with E-state index in [2.05, 4.69) is 0 Å². The van der Waals surface area contributed by atoms with Gasteiger partial charge in [0.1, 0.15) is 0 Å². The van der Waals surface area contributed by atoms with Crippen LogP contribution in [0, 0.1) is 0 Å². The molecule has 1 spiro atoms. The molecule has 0 unspecified atom stereocenters. The van der Waals surface area contributed by atoms with Gasteiger partial charge in [-0.25, -0.2) is 0 Å². The van der Waals surface area contributed by atoms with Gasteiger partial charge in [-0.15, -0.1) is 0 Å². The van der Waals surface area contributed by atoms with Gasteiger partial charge in [-0.1, -0.05) is 0 Å². The van der Waals surface area contributed by atoms with Gasteiger partial charge in [-0.3, -0.25) is 0 Å². The molecule has 4 heteroatoms. The zero-order valence-electron chi connectivity index (χ0n) is 5.22. The minimum absolute atomic E-state index is 0.0307. The summed E-state index contributed by atoms with van der Waals surface area (Å²) in [5.41, 5.74) is 0. The number of hydrogen-bond acceptors (Lipinski definition) is 3. The second kappa shape index (κ2) is 2.06. The second-order valence-electron chi connectivity index (χ2n) is 2.24. The average molecular weight is 244 g/mol. The molecular formula is C6H5O3Sn+. The van der Waals surface area contributed by atoms with Gasteiger partial charge in [0, 0.05) is 0 Å². The molecule has 0 saturated carbocycles. The van der Waals surface area contributed by atoms with E-state index in [1.54, 1.807) is 6.08 Å². The van der Waals surface area contributed by atoms with E-state index in [4.69, 9.17) is 9.47 Å². The predicted molar refractivity (Wildman–Crippen MR) is 33.5 cm³/mol. The van der Waals surface area contributed by atoms with Crippen LogP contribution in [0.4, 0.5) is 0 Å². The molecule has 0 aromatic rings. The zero-order chi connectivity index (χ0) is 7.19. The van der Waals surface area contributed by atoms with Crippen LogP contribution in [0.25, 0.3) is 0 Å². The van der Waals surface area contributed by atoms with Gasteiger partial charge in [-0.2, -0.15) is 0 Å². The van der Waals surface area contributed by atoms with Crippen LogP contribution in [0.5, 0.6) is 0 Å². The Balaban J connectivity index is 2.32.